The molecule has 3 nitrogen and oxygen atoms in total. The summed E-state index contributed by atoms with van der Waals surface area (Å²) in [6, 6.07) is 0. The number of hydrazine groups is 1. The average Bonchev–Trinajstić information content (AvgIpc) is 1.65. The van der Waals surface area contributed by atoms with Crippen molar-refractivity contribution in [2.75, 3.05) is 6.54 Å². The molecule has 0 aliphatic heterocycles. The highest BCUT2D eigenvalue weighted by molar-refractivity contribution is 5.71. The van der Waals surface area contributed by atoms with Crippen molar-refractivity contribution in [3.63, 3.8) is 0 Å². The maximum absolute atomic E-state index is 5.29. The molecule has 0 aliphatic carbocycles. The Morgan fingerprint density at radius 3 is 2.00 bits per heavy atom. The SMILES string of the molecule is CC/[N+](N)=C(/C)N.[I-]. The van der Waals surface area contributed by atoms with Crippen molar-refractivity contribution in [1.29, 1.82) is 0 Å². The van der Waals surface area contributed by atoms with E-state index in [0.717, 1.165) is 6.54 Å². The monoisotopic (exact) mass is 229 g/mol. The van der Waals surface area contributed by atoms with Gasteiger partial charge in [0.1, 0.15) is 6.54 Å². The molecule has 0 aromatic heterocycles. The molecule has 4 N–H and O–H groups in total. The van der Waals surface area contributed by atoms with E-state index >= 15 is 0 Å². The molecule has 0 saturated heterocycles. The summed E-state index contributed by atoms with van der Waals surface area (Å²) in [6.45, 7) is 4.47. The Kier molecular flexibility index (Phi) is 7.00. The van der Waals surface area contributed by atoms with Gasteiger partial charge in [0.15, 0.2) is 0 Å². The lowest BCUT2D eigenvalue weighted by Gasteiger charge is -1.92. The van der Waals surface area contributed by atoms with Crippen molar-refractivity contribution >= 4 is 5.84 Å². The summed E-state index contributed by atoms with van der Waals surface area (Å²) in [6.07, 6.45) is 0. The lowest BCUT2D eigenvalue weighted by atomic mass is 10.6. The number of rotatable bonds is 1. The molecule has 0 unspecified atom stereocenters. The number of hydrogen-bond acceptors (Lipinski definition) is 1. The van der Waals surface area contributed by atoms with Crippen LogP contribution in [0.5, 0.6) is 0 Å². The van der Waals surface area contributed by atoms with Crippen LogP contribution in [0.1, 0.15) is 13.8 Å². The Morgan fingerprint density at radius 1 is 1.62 bits per heavy atom. The zero-order valence-electron chi connectivity index (χ0n) is 5.19. The number of hydrogen-bond donors (Lipinski definition) is 2. The van der Waals surface area contributed by atoms with Crippen molar-refractivity contribution in [3.05, 3.63) is 0 Å². The van der Waals surface area contributed by atoms with Crippen LogP contribution in [0.25, 0.3) is 0 Å². The first-order valence-corrected chi connectivity index (χ1v) is 2.29. The zero-order chi connectivity index (χ0) is 5.86. The molecule has 8 heavy (non-hydrogen) atoms. The quantitative estimate of drug-likeness (QED) is 0.121. The minimum Gasteiger partial charge on any atom is -1.00 e. The second-order valence-electron chi connectivity index (χ2n) is 1.43. The fourth-order valence-electron chi connectivity index (χ4n) is 0.249. The van der Waals surface area contributed by atoms with Crippen LogP contribution in [0.2, 0.25) is 0 Å². The van der Waals surface area contributed by atoms with E-state index in [0.29, 0.717) is 5.84 Å². The van der Waals surface area contributed by atoms with Gasteiger partial charge in [0.25, 0.3) is 5.84 Å². The highest BCUT2D eigenvalue weighted by Crippen LogP contribution is 1.59. The van der Waals surface area contributed by atoms with Gasteiger partial charge in [-0.05, 0) is 6.92 Å². The van der Waals surface area contributed by atoms with Gasteiger partial charge in [-0.25, -0.2) is 0 Å². The van der Waals surface area contributed by atoms with Crippen molar-refractivity contribution < 1.29 is 28.7 Å². The largest absolute Gasteiger partial charge is 1.00 e. The lowest BCUT2D eigenvalue weighted by Crippen LogP contribution is -3.00. The summed E-state index contributed by atoms with van der Waals surface area (Å²) in [5, 5.41) is 0. The first-order valence-electron chi connectivity index (χ1n) is 2.29. The van der Waals surface area contributed by atoms with Crippen molar-refractivity contribution in [1.82, 2.24) is 0 Å². The molecule has 0 aromatic rings. The summed E-state index contributed by atoms with van der Waals surface area (Å²) < 4.78 is 1.49. The molecule has 4 heteroatoms. The van der Waals surface area contributed by atoms with E-state index in [9.17, 15) is 0 Å². The van der Waals surface area contributed by atoms with Crippen molar-refractivity contribution in [2.24, 2.45) is 11.6 Å². The molecule has 0 heterocycles. The molecular weight excluding hydrogens is 217 g/mol. The number of nitrogens with two attached hydrogens (primary N) is 2. The molecule has 50 valence electrons. The fraction of sp³-hybridized carbons (Fsp3) is 0.750. The third-order valence-corrected chi connectivity index (χ3v) is 0.794. The number of halogens is 1. The highest BCUT2D eigenvalue weighted by Gasteiger charge is 1.89. The first-order chi connectivity index (χ1) is 3.18. The maximum atomic E-state index is 5.29. The third kappa shape index (κ3) is 4.17. The molecule has 0 rings (SSSR count). The predicted octanol–water partition coefficient (Wildman–Crippen LogP) is -3.73. The van der Waals surface area contributed by atoms with Gasteiger partial charge in [0.05, 0.1) is 0 Å². The van der Waals surface area contributed by atoms with Gasteiger partial charge < -0.3 is 24.0 Å². The minimum atomic E-state index is 0. The highest BCUT2D eigenvalue weighted by atomic mass is 127. The minimum absolute atomic E-state index is 0. The third-order valence-electron chi connectivity index (χ3n) is 0.794. The summed E-state index contributed by atoms with van der Waals surface area (Å²) in [7, 11) is 0. The Hall–Kier alpha value is 0. The first kappa shape index (κ1) is 10.9. The normalized spacial score (nSPS) is 11.8. The predicted molar refractivity (Wildman–Crippen MR) is 29.9 cm³/mol. The van der Waals surface area contributed by atoms with Gasteiger partial charge in [0, 0.05) is 6.92 Å². The topological polar surface area (TPSA) is 55.0 Å². The maximum Gasteiger partial charge on any atom is 0.262 e. The second-order valence-corrected chi connectivity index (χ2v) is 1.43. The van der Waals surface area contributed by atoms with Gasteiger partial charge >= 0.3 is 0 Å². The molecule has 0 aromatic carbocycles. The van der Waals surface area contributed by atoms with E-state index < -0.39 is 0 Å². The average molecular weight is 229 g/mol. The summed E-state index contributed by atoms with van der Waals surface area (Å²) >= 11 is 0. The smallest absolute Gasteiger partial charge is 0.262 e. The van der Waals surface area contributed by atoms with Crippen LogP contribution < -0.4 is 35.6 Å². The van der Waals surface area contributed by atoms with Gasteiger partial charge in [-0.2, -0.15) is 4.68 Å². The van der Waals surface area contributed by atoms with Crippen LogP contribution in [-0.2, 0) is 0 Å². The van der Waals surface area contributed by atoms with Crippen molar-refractivity contribution in [2.45, 2.75) is 13.8 Å². The molecule has 0 saturated carbocycles. The molecule has 0 aliphatic rings. The van der Waals surface area contributed by atoms with E-state index in [4.69, 9.17) is 11.6 Å². The van der Waals surface area contributed by atoms with E-state index in [1.54, 1.807) is 6.92 Å². The lowest BCUT2D eigenvalue weighted by molar-refractivity contribution is -0.537. The molecular formula is C4H12IN3. The van der Waals surface area contributed by atoms with Crippen LogP contribution in [0.4, 0.5) is 0 Å². The molecule has 0 amide bonds. The van der Waals surface area contributed by atoms with E-state index in [1.807, 2.05) is 6.92 Å². The Labute approximate surface area is 66.7 Å². The summed E-state index contributed by atoms with van der Waals surface area (Å²) in [4.78, 5) is 0. The fourth-order valence-corrected chi connectivity index (χ4v) is 0.249. The van der Waals surface area contributed by atoms with E-state index in [1.165, 1.54) is 4.68 Å². The van der Waals surface area contributed by atoms with Crippen LogP contribution in [0, 0.1) is 0 Å². The van der Waals surface area contributed by atoms with Gasteiger partial charge in [-0.3, -0.25) is 11.6 Å². The van der Waals surface area contributed by atoms with Crippen LogP contribution >= 0.6 is 0 Å². The second kappa shape index (κ2) is 5.14. The summed E-state index contributed by atoms with van der Waals surface area (Å²) in [5.74, 6) is 5.94. The molecule has 0 atom stereocenters. The van der Waals surface area contributed by atoms with Crippen molar-refractivity contribution in [3.8, 4) is 0 Å². The van der Waals surface area contributed by atoms with Crippen LogP contribution in [0.3, 0.4) is 0 Å². The molecule has 0 fully saturated rings. The van der Waals surface area contributed by atoms with Crippen LogP contribution in [-0.4, -0.2) is 17.1 Å². The number of amidine groups is 1. The molecule has 0 spiro atoms. The molecule has 0 radical (unpaired) electrons. The summed E-state index contributed by atoms with van der Waals surface area (Å²) in [5.41, 5.74) is 5.26. The Balaban J connectivity index is 0. The number of nitrogens with zero attached hydrogens (tertiary/aromatic N) is 1. The Morgan fingerprint density at radius 2 is 2.00 bits per heavy atom. The number of hydrazone groups is 1. The standard InChI is InChI=1S/C4H11N3.HI/c1-3-7(6)4(2)5;/h5H,3,6H2,1-2H3;1H. The van der Waals surface area contributed by atoms with Gasteiger partial charge in [0.2, 0.25) is 0 Å². The van der Waals surface area contributed by atoms with Gasteiger partial charge in [-0.1, -0.05) is 0 Å². The Bertz CT molecular complexity index is 85.3. The van der Waals surface area contributed by atoms with Gasteiger partial charge in [-0.15, -0.1) is 0 Å². The zero-order valence-corrected chi connectivity index (χ0v) is 7.34. The van der Waals surface area contributed by atoms with E-state index in [2.05, 4.69) is 0 Å². The van der Waals surface area contributed by atoms with Crippen LogP contribution in [0.15, 0.2) is 0 Å². The van der Waals surface area contributed by atoms with E-state index in [-0.39, 0.29) is 24.0 Å². The molecule has 0 bridgehead atoms.